The van der Waals surface area contributed by atoms with Crippen molar-refractivity contribution in [3.05, 3.63) is 88.4 Å². The van der Waals surface area contributed by atoms with Crippen LogP contribution in [-0.2, 0) is 4.79 Å². The molecule has 0 aliphatic heterocycles. The Morgan fingerprint density at radius 3 is 2.55 bits per heavy atom. The van der Waals surface area contributed by atoms with Crippen molar-refractivity contribution in [1.82, 2.24) is 14.8 Å². The molecule has 4 aromatic rings. The molecule has 31 heavy (non-hydrogen) atoms. The zero-order chi connectivity index (χ0) is 21.8. The Morgan fingerprint density at radius 2 is 1.77 bits per heavy atom. The molecule has 0 unspecified atom stereocenters. The van der Waals surface area contributed by atoms with Gasteiger partial charge < -0.3 is 5.32 Å². The summed E-state index contributed by atoms with van der Waals surface area (Å²) < 4.78 is 1.92. The molecule has 0 bridgehead atoms. The largest absolute Gasteiger partial charge is 0.325 e. The summed E-state index contributed by atoms with van der Waals surface area (Å²) in [6.07, 6.45) is 0. The molecule has 0 saturated heterocycles. The number of carbonyl (C=O) groups excluding carboxylic acids is 1. The van der Waals surface area contributed by atoms with Crippen LogP contribution in [0.2, 0.25) is 10.0 Å². The number of hydrogen-bond donors (Lipinski definition) is 1. The Labute approximate surface area is 194 Å². The monoisotopic (exact) mass is 468 g/mol. The Kier molecular flexibility index (Phi) is 6.61. The molecule has 8 heteroatoms. The summed E-state index contributed by atoms with van der Waals surface area (Å²) in [5.74, 6) is 0.677. The summed E-state index contributed by atoms with van der Waals surface area (Å²) in [4.78, 5) is 12.6. The summed E-state index contributed by atoms with van der Waals surface area (Å²) in [6, 6.07) is 22.7. The highest BCUT2D eigenvalue weighted by Gasteiger charge is 2.18. The second-order valence-corrected chi connectivity index (χ2v) is 8.52. The van der Waals surface area contributed by atoms with E-state index >= 15 is 0 Å². The number of thioether (sulfide) groups is 1. The second kappa shape index (κ2) is 9.56. The maximum absolute atomic E-state index is 12.6. The fraction of sp³-hybridized carbons (Fsp3) is 0.0870. The summed E-state index contributed by atoms with van der Waals surface area (Å²) in [5.41, 5.74) is 3.27. The predicted octanol–water partition coefficient (Wildman–Crippen LogP) is 6.28. The fourth-order valence-corrected chi connectivity index (χ4v) is 4.16. The lowest BCUT2D eigenvalue weighted by Crippen LogP contribution is -2.15. The van der Waals surface area contributed by atoms with Crippen LogP contribution < -0.4 is 5.32 Å². The lowest BCUT2D eigenvalue weighted by molar-refractivity contribution is -0.113. The number of para-hydroxylation sites is 1. The third-order valence-corrected chi connectivity index (χ3v) is 6.18. The minimum atomic E-state index is -0.151. The van der Waals surface area contributed by atoms with Crippen molar-refractivity contribution in [1.29, 1.82) is 0 Å². The zero-order valence-electron chi connectivity index (χ0n) is 16.5. The highest BCUT2D eigenvalue weighted by molar-refractivity contribution is 7.99. The number of amides is 1. The number of halogens is 2. The van der Waals surface area contributed by atoms with E-state index in [-0.39, 0.29) is 11.7 Å². The quantitative estimate of drug-likeness (QED) is 0.338. The van der Waals surface area contributed by atoms with E-state index in [2.05, 4.69) is 15.5 Å². The molecule has 0 saturated carbocycles. The highest BCUT2D eigenvalue weighted by Crippen LogP contribution is 2.29. The van der Waals surface area contributed by atoms with Crippen molar-refractivity contribution < 1.29 is 4.79 Å². The Hall–Kier alpha value is -2.80. The van der Waals surface area contributed by atoms with Crippen molar-refractivity contribution in [2.75, 3.05) is 11.1 Å². The molecule has 0 aliphatic rings. The van der Waals surface area contributed by atoms with Crippen molar-refractivity contribution in [3.8, 4) is 17.1 Å². The number of rotatable bonds is 6. The van der Waals surface area contributed by atoms with Gasteiger partial charge in [0.1, 0.15) is 0 Å². The van der Waals surface area contributed by atoms with Crippen LogP contribution in [0.1, 0.15) is 5.56 Å². The first-order chi connectivity index (χ1) is 15.0. The topological polar surface area (TPSA) is 59.8 Å². The molecule has 156 valence electrons. The van der Waals surface area contributed by atoms with Crippen LogP contribution in [0.5, 0.6) is 0 Å². The van der Waals surface area contributed by atoms with E-state index in [4.69, 9.17) is 23.2 Å². The maximum atomic E-state index is 12.6. The summed E-state index contributed by atoms with van der Waals surface area (Å²) >= 11 is 13.6. The fourth-order valence-electron chi connectivity index (χ4n) is 3.05. The van der Waals surface area contributed by atoms with Gasteiger partial charge in [-0.15, -0.1) is 10.2 Å². The van der Waals surface area contributed by atoms with Gasteiger partial charge >= 0.3 is 0 Å². The molecule has 1 amide bonds. The maximum Gasteiger partial charge on any atom is 0.234 e. The minimum Gasteiger partial charge on any atom is -0.325 e. The van der Waals surface area contributed by atoms with Gasteiger partial charge in [0.15, 0.2) is 11.0 Å². The predicted molar refractivity (Wildman–Crippen MR) is 127 cm³/mol. The van der Waals surface area contributed by atoms with E-state index in [9.17, 15) is 4.79 Å². The summed E-state index contributed by atoms with van der Waals surface area (Å²) in [7, 11) is 0. The van der Waals surface area contributed by atoms with Crippen LogP contribution in [0.4, 0.5) is 5.69 Å². The number of nitrogens with zero attached hydrogens (tertiary/aromatic N) is 3. The molecule has 0 fully saturated rings. The van der Waals surface area contributed by atoms with Crippen LogP contribution in [0.3, 0.4) is 0 Å². The van der Waals surface area contributed by atoms with Gasteiger partial charge in [-0.25, -0.2) is 0 Å². The van der Waals surface area contributed by atoms with Crippen LogP contribution >= 0.6 is 35.0 Å². The number of aromatic nitrogens is 3. The van der Waals surface area contributed by atoms with E-state index in [1.807, 2.05) is 72.2 Å². The van der Waals surface area contributed by atoms with Gasteiger partial charge in [-0.05, 0) is 48.9 Å². The van der Waals surface area contributed by atoms with E-state index < -0.39 is 0 Å². The van der Waals surface area contributed by atoms with Gasteiger partial charge in [0, 0.05) is 27.0 Å². The first kappa shape index (κ1) is 21.4. The molecule has 4 rings (SSSR count). The van der Waals surface area contributed by atoms with Gasteiger partial charge in [-0.1, -0.05) is 71.4 Å². The van der Waals surface area contributed by atoms with Gasteiger partial charge in [-0.3, -0.25) is 9.36 Å². The van der Waals surface area contributed by atoms with Gasteiger partial charge in [-0.2, -0.15) is 0 Å². The third kappa shape index (κ3) is 4.93. The number of benzene rings is 3. The molecule has 1 aromatic heterocycles. The average molecular weight is 469 g/mol. The highest BCUT2D eigenvalue weighted by atomic mass is 35.5. The van der Waals surface area contributed by atoms with Crippen molar-refractivity contribution in [2.45, 2.75) is 12.1 Å². The molecule has 0 radical (unpaired) electrons. The number of anilines is 1. The number of carbonyl (C=O) groups is 1. The van der Waals surface area contributed by atoms with E-state index in [0.717, 1.165) is 16.8 Å². The molecule has 1 heterocycles. The van der Waals surface area contributed by atoms with Crippen LogP contribution in [0.15, 0.2) is 78.0 Å². The number of hydrogen-bond acceptors (Lipinski definition) is 4. The van der Waals surface area contributed by atoms with Crippen LogP contribution in [0.25, 0.3) is 17.1 Å². The summed E-state index contributed by atoms with van der Waals surface area (Å²) in [5, 5.41) is 13.5. The molecule has 3 aromatic carbocycles. The molecule has 1 N–H and O–H groups in total. The molecular weight excluding hydrogens is 451 g/mol. The smallest absolute Gasteiger partial charge is 0.234 e. The van der Waals surface area contributed by atoms with Crippen molar-refractivity contribution in [3.63, 3.8) is 0 Å². The van der Waals surface area contributed by atoms with E-state index in [0.29, 0.717) is 26.7 Å². The van der Waals surface area contributed by atoms with Crippen molar-refractivity contribution >= 4 is 46.6 Å². The molecule has 0 aliphatic carbocycles. The van der Waals surface area contributed by atoms with Gasteiger partial charge in [0.25, 0.3) is 0 Å². The summed E-state index contributed by atoms with van der Waals surface area (Å²) in [6.45, 7) is 1.87. The number of nitrogens with one attached hydrogen (secondary N) is 1. The molecule has 0 atom stereocenters. The van der Waals surface area contributed by atoms with Gasteiger partial charge in [0.2, 0.25) is 5.91 Å². The minimum absolute atomic E-state index is 0.151. The molecule has 5 nitrogen and oxygen atoms in total. The van der Waals surface area contributed by atoms with E-state index in [1.54, 1.807) is 12.1 Å². The zero-order valence-corrected chi connectivity index (χ0v) is 18.9. The Balaban J connectivity index is 1.60. The van der Waals surface area contributed by atoms with Crippen LogP contribution in [0, 0.1) is 6.92 Å². The SMILES string of the molecule is Cc1c(Cl)cccc1NC(=O)CSc1nnc(-c2cccc(Cl)c2)n1-c1ccccc1. The van der Waals surface area contributed by atoms with Gasteiger partial charge in [0.05, 0.1) is 5.75 Å². The first-order valence-corrected chi connectivity index (χ1v) is 11.2. The standard InChI is InChI=1S/C23H18Cl2N4OS/c1-15-19(25)11-6-12-20(15)26-21(30)14-31-23-28-27-22(16-7-5-8-17(24)13-16)29(23)18-9-3-2-4-10-18/h2-13H,14H2,1H3,(H,26,30). The average Bonchev–Trinajstić information content (AvgIpc) is 3.20. The lowest BCUT2D eigenvalue weighted by atomic mass is 10.2. The third-order valence-electron chi connectivity index (χ3n) is 4.60. The second-order valence-electron chi connectivity index (χ2n) is 6.74. The molecular formula is C23H18Cl2N4OS. The Bertz CT molecular complexity index is 1230. The molecule has 0 spiro atoms. The van der Waals surface area contributed by atoms with Crippen molar-refractivity contribution in [2.24, 2.45) is 0 Å². The normalized spacial score (nSPS) is 10.8. The Morgan fingerprint density at radius 1 is 1.00 bits per heavy atom. The van der Waals surface area contributed by atoms with Crippen LogP contribution in [-0.4, -0.2) is 26.4 Å². The first-order valence-electron chi connectivity index (χ1n) is 9.47. The lowest BCUT2D eigenvalue weighted by Gasteiger charge is -2.11. The van der Waals surface area contributed by atoms with E-state index in [1.165, 1.54) is 11.8 Å².